The minimum absolute atomic E-state index is 0.262. The van der Waals surface area contributed by atoms with Gasteiger partial charge in [-0.2, -0.15) is 0 Å². The standard InChI is InChI=1S/C20H34N2S/c1-7-20(5,6)18-13-11-17(12-14-18)15-16-22(10-4)19(23)21(8-2)9-3/h11-14H,7-10,15-16H2,1-6H3. The summed E-state index contributed by atoms with van der Waals surface area (Å²) in [6.07, 6.45) is 2.20. The molecule has 1 aromatic rings. The number of rotatable bonds is 8. The molecule has 0 aliphatic heterocycles. The molecule has 0 heterocycles. The van der Waals surface area contributed by atoms with Crippen molar-refractivity contribution in [2.45, 2.75) is 59.8 Å². The number of thiocarbonyl (C=S) groups is 1. The summed E-state index contributed by atoms with van der Waals surface area (Å²) in [6, 6.07) is 9.14. The second kappa shape index (κ2) is 9.27. The van der Waals surface area contributed by atoms with Crippen molar-refractivity contribution in [1.82, 2.24) is 9.80 Å². The quantitative estimate of drug-likeness (QED) is 0.627. The molecule has 0 spiro atoms. The summed E-state index contributed by atoms with van der Waals surface area (Å²) in [7, 11) is 0. The van der Waals surface area contributed by atoms with Crippen molar-refractivity contribution in [3.63, 3.8) is 0 Å². The van der Waals surface area contributed by atoms with Crippen LogP contribution >= 0.6 is 12.2 Å². The molecule has 1 aromatic carbocycles. The van der Waals surface area contributed by atoms with E-state index in [1.807, 2.05) is 0 Å². The zero-order valence-electron chi connectivity index (χ0n) is 15.9. The molecule has 0 aromatic heterocycles. The highest BCUT2D eigenvalue weighted by atomic mass is 32.1. The van der Waals surface area contributed by atoms with Gasteiger partial charge in [0, 0.05) is 26.2 Å². The topological polar surface area (TPSA) is 6.48 Å². The first-order valence-corrected chi connectivity index (χ1v) is 9.43. The number of likely N-dealkylation sites (N-methyl/N-ethyl adjacent to an activating group) is 1. The third kappa shape index (κ3) is 5.49. The third-order valence-corrected chi connectivity index (χ3v) is 5.49. The van der Waals surface area contributed by atoms with Crippen LogP contribution < -0.4 is 0 Å². The van der Waals surface area contributed by atoms with Gasteiger partial charge in [0.05, 0.1) is 0 Å². The SMILES string of the molecule is CCN(CC)C(=S)N(CC)CCc1ccc(C(C)(C)CC)cc1. The molecule has 2 nitrogen and oxygen atoms in total. The maximum absolute atomic E-state index is 5.65. The Labute approximate surface area is 148 Å². The summed E-state index contributed by atoms with van der Waals surface area (Å²) in [5.41, 5.74) is 3.08. The fraction of sp³-hybridized carbons (Fsp3) is 0.650. The zero-order chi connectivity index (χ0) is 17.5. The molecule has 0 amide bonds. The van der Waals surface area contributed by atoms with Crippen LogP contribution in [-0.4, -0.2) is 41.1 Å². The maximum atomic E-state index is 5.65. The normalized spacial score (nSPS) is 11.4. The molecule has 0 N–H and O–H groups in total. The first-order valence-electron chi connectivity index (χ1n) is 9.02. The van der Waals surface area contributed by atoms with Crippen molar-refractivity contribution in [1.29, 1.82) is 0 Å². The van der Waals surface area contributed by atoms with Gasteiger partial charge in [-0.05, 0) is 62.4 Å². The van der Waals surface area contributed by atoms with E-state index in [1.165, 1.54) is 11.1 Å². The van der Waals surface area contributed by atoms with E-state index in [4.69, 9.17) is 12.2 Å². The summed E-state index contributed by atoms with van der Waals surface area (Å²) in [4.78, 5) is 4.57. The van der Waals surface area contributed by atoms with E-state index in [0.717, 1.165) is 44.1 Å². The van der Waals surface area contributed by atoms with Crippen LogP contribution in [-0.2, 0) is 11.8 Å². The van der Waals surface area contributed by atoms with Crippen LogP contribution in [0.1, 0.15) is 59.1 Å². The Hall–Kier alpha value is -1.09. The molecule has 0 aliphatic rings. The molecule has 0 saturated carbocycles. The Bertz CT molecular complexity index is 475. The number of nitrogens with zero attached hydrogens (tertiary/aromatic N) is 2. The van der Waals surface area contributed by atoms with Gasteiger partial charge < -0.3 is 9.80 Å². The molecule has 130 valence electrons. The van der Waals surface area contributed by atoms with E-state index in [9.17, 15) is 0 Å². The molecule has 23 heavy (non-hydrogen) atoms. The van der Waals surface area contributed by atoms with Gasteiger partial charge in [-0.25, -0.2) is 0 Å². The van der Waals surface area contributed by atoms with Gasteiger partial charge >= 0.3 is 0 Å². The fourth-order valence-electron chi connectivity index (χ4n) is 2.67. The molecule has 0 radical (unpaired) electrons. The van der Waals surface area contributed by atoms with Gasteiger partial charge in [0.2, 0.25) is 0 Å². The molecule has 0 atom stereocenters. The van der Waals surface area contributed by atoms with Crippen molar-refractivity contribution in [2.75, 3.05) is 26.2 Å². The summed E-state index contributed by atoms with van der Waals surface area (Å²) in [6.45, 7) is 17.3. The lowest BCUT2D eigenvalue weighted by molar-refractivity contribution is 0.355. The van der Waals surface area contributed by atoms with Gasteiger partial charge in [0.1, 0.15) is 0 Å². The van der Waals surface area contributed by atoms with Gasteiger partial charge in [-0.1, -0.05) is 45.0 Å². The van der Waals surface area contributed by atoms with E-state index in [0.29, 0.717) is 0 Å². The Morgan fingerprint density at radius 2 is 1.43 bits per heavy atom. The Morgan fingerprint density at radius 3 is 1.87 bits per heavy atom. The smallest absolute Gasteiger partial charge is 0.171 e. The maximum Gasteiger partial charge on any atom is 0.171 e. The molecular weight excluding hydrogens is 300 g/mol. The first-order chi connectivity index (χ1) is 10.9. The summed E-state index contributed by atoms with van der Waals surface area (Å²) >= 11 is 5.65. The predicted octanol–water partition coefficient (Wildman–Crippen LogP) is 4.87. The van der Waals surface area contributed by atoms with Crippen LogP contribution in [0.4, 0.5) is 0 Å². The van der Waals surface area contributed by atoms with E-state index in [2.05, 4.69) is 75.6 Å². The highest BCUT2D eigenvalue weighted by molar-refractivity contribution is 7.80. The Kier molecular flexibility index (Phi) is 8.04. The van der Waals surface area contributed by atoms with Crippen molar-refractivity contribution >= 4 is 17.3 Å². The highest BCUT2D eigenvalue weighted by Crippen LogP contribution is 2.26. The van der Waals surface area contributed by atoms with Crippen molar-refractivity contribution in [3.05, 3.63) is 35.4 Å². The number of hydrogen-bond acceptors (Lipinski definition) is 1. The van der Waals surface area contributed by atoms with Crippen LogP contribution in [0, 0.1) is 0 Å². The van der Waals surface area contributed by atoms with Crippen molar-refractivity contribution in [2.24, 2.45) is 0 Å². The van der Waals surface area contributed by atoms with Gasteiger partial charge in [0.15, 0.2) is 5.11 Å². The van der Waals surface area contributed by atoms with Crippen LogP contribution in [0.2, 0.25) is 0 Å². The second-order valence-corrected chi connectivity index (χ2v) is 7.08. The van der Waals surface area contributed by atoms with E-state index in [1.54, 1.807) is 0 Å². The molecule has 3 heteroatoms. The summed E-state index contributed by atoms with van der Waals surface area (Å²) in [5.74, 6) is 0. The lowest BCUT2D eigenvalue weighted by atomic mass is 9.82. The van der Waals surface area contributed by atoms with Crippen LogP contribution in [0.15, 0.2) is 24.3 Å². The van der Waals surface area contributed by atoms with Crippen molar-refractivity contribution < 1.29 is 0 Å². The van der Waals surface area contributed by atoms with Crippen LogP contribution in [0.3, 0.4) is 0 Å². The molecule has 0 aliphatic carbocycles. The van der Waals surface area contributed by atoms with E-state index < -0.39 is 0 Å². The lowest BCUT2D eigenvalue weighted by Crippen LogP contribution is -2.43. The average molecular weight is 335 g/mol. The molecule has 0 saturated heterocycles. The molecular formula is C20H34N2S. The van der Waals surface area contributed by atoms with E-state index >= 15 is 0 Å². The average Bonchev–Trinajstić information content (AvgIpc) is 2.57. The summed E-state index contributed by atoms with van der Waals surface area (Å²) < 4.78 is 0. The van der Waals surface area contributed by atoms with E-state index in [-0.39, 0.29) is 5.41 Å². The predicted molar refractivity (Wildman–Crippen MR) is 106 cm³/mol. The molecule has 0 fully saturated rings. The minimum atomic E-state index is 0.262. The summed E-state index contributed by atoms with van der Waals surface area (Å²) in [5, 5.41) is 0.987. The van der Waals surface area contributed by atoms with Gasteiger partial charge in [-0.15, -0.1) is 0 Å². The first kappa shape index (κ1) is 20.0. The highest BCUT2D eigenvalue weighted by Gasteiger charge is 2.17. The second-order valence-electron chi connectivity index (χ2n) is 6.72. The molecule has 1 rings (SSSR count). The molecule has 0 unspecified atom stereocenters. The van der Waals surface area contributed by atoms with Crippen LogP contribution in [0.5, 0.6) is 0 Å². The van der Waals surface area contributed by atoms with Crippen molar-refractivity contribution in [3.8, 4) is 0 Å². The van der Waals surface area contributed by atoms with Gasteiger partial charge in [0.25, 0.3) is 0 Å². The minimum Gasteiger partial charge on any atom is -0.350 e. The van der Waals surface area contributed by atoms with Gasteiger partial charge in [-0.3, -0.25) is 0 Å². The van der Waals surface area contributed by atoms with Crippen LogP contribution in [0.25, 0.3) is 0 Å². The Morgan fingerprint density at radius 1 is 0.913 bits per heavy atom. The lowest BCUT2D eigenvalue weighted by Gasteiger charge is -2.31. The Balaban J connectivity index is 2.67. The zero-order valence-corrected chi connectivity index (χ0v) is 16.7. The third-order valence-electron chi connectivity index (χ3n) is 4.98. The number of benzene rings is 1. The molecule has 0 bridgehead atoms. The largest absolute Gasteiger partial charge is 0.350 e. The monoisotopic (exact) mass is 334 g/mol. The number of hydrogen-bond donors (Lipinski definition) is 0. The fourth-order valence-corrected chi connectivity index (χ4v) is 3.15.